The van der Waals surface area contributed by atoms with Crippen LogP contribution >= 0.6 is 0 Å². The van der Waals surface area contributed by atoms with Gasteiger partial charge in [-0.15, -0.1) is 0 Å². The monoisotopic (exact) mass is 313 g/mol. The molecule has 0 bridgehead atoms. The number of quaternary nitrogens is 1. The van der Waals surface area contributed by atoms with Gasteiger partial charge in [-0.05, 0) is 25.7 Å². The Bertz CT molecular complexity index is 259. The summed E-state index contributed by atoms with van der Waals surface area (Å²) in [5.74, 6) is -0.905. The van der Waals surface area contributed by atoms with E-state index >= 15 is 0 Å². The van der Waals surface area contributed by atoms with Gasteiger partial charge in [-0.2, -0.15) is 0 Å². The minimum absolute atomic E-state index is 0.231. The molecule has 0 amide bonds. The van der Waals surface area contributed by atoms with E-state index in [2.05, 4.69) is 21.1 Å². The van der Waals surface area contributed by atoms with E-state index in [-0.39, 0.29) is 6.42 Å². The molecule has 0 rings (SSSR count). The fourth-order valence-corrected chi connectivity index (χ4v) is 2.80. The summed E-state index contributed by atoms with van der Waals surface area (Å²) in [5.41, 5.74) is 0. The maximum Gasteiger partial charge on any atom is 0.0780 e. The molecule has 0 saturated carbocycles. The smallest absolute Gasteiger partial charge is 0.0780 e. The SMILES string of the molecule is C[N+](C)(C)CCCCCCCCCCCCCCCC(=O)[O-]. The van der Waals surface area contributed by atoms with E-state index in [1.165, 1.54) is 77.2 Å². The number of unbranched alkanes of at least 4 members (excludes halogenated alkanes) is 12. The molecular weight excluding hydrogens is 274 g/mol. The van der Waals surface area contributed by atoms with E-state index in [1.54, 1.807) is 0 Å². The second-order valence-corrected chi connectivity index (χ2v) is 7.73. The van der Waals surface area contributed by atoms with Crippen LogP contribution in [0.1, 0.15) is 89.9 Å². The molecule has 0 aromatic heterocycles. The zero-order valence-electron chi connectivity index (χ0n) is 15.4. The number of aliphatic carboxylic acids is 1. The minimum atomic E-state index is -0.905. The molecule has 0 aliphatic heterocycles. The van der Waals surface area contributed by atoms with Gasteiger partial charge in [0.1, 0.15) is 0 Å². The lowest BCUT2D eigenvalue weighted by atomic mass is 10.0. The predicted molar refractivity (Wildman–Crippen MR) is 92.5 cm³/mol. The van der Waals surface area contributed by atoms with E-state index in [4.69, 9.17) is 0 Å². The van der Waals surface area contributed by atoms with Crippen LogP contribution < -0.4 is 5.11 Å². The van der Waals surface area contributed by atoms with Gasteiger partial charge in [-0.3, -0.25) is 0 Å². The number of hydrogen-bond donors (Lipinski definition) is 0. The van der Waals surface area contributed by atoms with Crippen molar-refractivity contribution in [3.8, 4) is 0 Å². The summed E-state index contributed by atoms with van der Waals surface area (Å²) in [7, 11) is 6.80. The van der Waals surface area contributed by atoms with E-state index in [9.17, 15) is 9.90 Å². The second kappa shape index (κ2) is 14.0. The van der Waals surface area contributed by atoms with Gasteiger partial charge in [0, 0.05) is 5.97 Å². The molecule has 0 aliphatic rings. The van der Waals surface area contributed by atoms with E-state index in [0.717, 1.165) is 17.3 Å². The second-order valence-electron chi connectivity index (χ2n) is 7.73. The first kappa shape index (κ1) is 21.4. The molecule has 0 radical (unpaired) electrons. The summed E-state index contributed by atoms with van der Waals surface area (Å²) in [4.78, 5) is 10.2. The third-order valence-corrected chi connectivity index (χ3v) is 4.21. The largest absolute Gasteiger partial charge is 0.550 e. The first-order valence-corrected chi connectivity index (χ1v) is 9.42. The van der Waals surface area contributed by atoms with Crippen molar-refractivity contribution in [3.05, 3.63) is 0 Å². The maximum atomic E-state index is 10.2. The van der Waals surface area contributed by atoms with Crippen molar-refractivity contribution < 1.29 is 14.4 Å². The average Bonchev–Trinajstić information content (AvgIpc) is 2.41. The summed E-state index contributed by atoms with van der Waals surface area (Å²) >= 11 is 0. The molecule has 0 fully saturated rings. The Morgan fingerprint density at radius 1 is 0.636 bits per heavy atom. The maximum absolute atomic E-state index is 10.2. The van der Waals surface area contributed by atoms with Crippen LogP contribution in [-0.2, 0) is 4.79 Å². The van der Waals surface area contributed by atoms with Crippen molar-refractivity contribution in [3.63, 3.8) is 0 Å². The quantitative estimate of drug-likeness (QED) is 0.320. The van der Waals surface area contributed by atoms with E-state index < -0.39 is 5.97 Å². The summed E-state index contributed by atoms with van der Waals surface area (Å²) in [6.07, 6.45) is 16.9. The molecule has 0 saturated heterocycles. The summed E-state index contributed by atoms with van der Waals surface area (Å²) in [6, 6.07) is 0. The Morgan fingerprint density at radius 3 is 1.27 bits per heavy atom. The van der Waals surface area contributed by atoms with Gasteiger partial charge in [-0.25, -0.2) is 0 Å². The number of carboxylic acids is 1. The molecular formula is C19H39NO2. The summed E-state index contributed by atoms with van der Waals surface area (Å²) < 4.78 is 1.09. The van der Waals surface area contributed by atoms with Crippen LogP contribution in [0.4, 0.5) is 0 Å². The van der Waals surface area contributed by atoms with E-state index in [0.29, 0.717) is 0 Å². The van der Waals surface area contributed by atoms with Crippen LogP contribution in [0, 0.1) is 0 Å². The molecule has 132 valence electrons. The zero-order valence-corrected chi connectivity index (χ0v) is 15.4. The Hall–Kier alpha value is -0.570. The van der Waals surface area contributed by atoms with Crippen molar-refractivity contribution in [2.24, 2.45) is 0 Å². The van der Waals surface area contributed by atoms with Gasteiger partial charge in [0.05, 0.1) is 27.7 Å². The highest BCUT2D eigenvalue weighted by atomic mass is 16.4. The zero-order chi connectivity index (χ0) is 16.7. The minimum Gasteiger partial charge on any atom is -0.550 e. The topological polar surface area (TPSA) is 40.1 Å². The highest BCUT2D eigenvalue weighted by Gasteiger charge is 2.04. The lowest BCUT2D eigenvalue weighted by Crippen LogP contribution is -2.35. The number of carboxylic acid groups (broad SMARTS) is 1. The number of carbonyl (C=O) groups is 1. The van der Waals surface area contributed by atoms with Crippen molar-refractivity contribution in [1.29, 1.82) is 0 Å². The molecule has 3 nitrogen and oxygen atoms in total. The Morgan fingerprint density at radius 2 is 0.955 bits per heavy atom. The average molecular weight is 314 g/mol. The van der Waals surface area contributed by atoms with Crippen LogP contribution in [0.25, 0.3) is 0 Å². The molecule has 22 heavy (non-hydrogen) atoms. The van der Waals surface area contributed by atoms with Gasteiger partial charge >= 0.3 is 0 Å². The van der Waals surface area contributed by atoms with Crippen molar-refractivity contribution in [1.82, 2.24) is 0 Å². The number of nitrogens with zero attached hydrogens (tertiary/aromatic N) is 1. The van der Waals surface area contributed by atoms with Crippen LogP contribution in [0.5, 0.6) is 0 Å². The molecule has 0 aliphatic carbocycles. The fraction of sp³-hybridized carbons (Fsp3) is 0.947. The van der Waals surface area contributed by atoms with Crippen molar-refractivity contribution >= 4 is 5.97 Å². The van der Waals surface area contributed by atoms with E-state index in [1.807, 2.05) is 0 Å². The standard InChI is InChI=1S/C19H39NO2/c1-20(2,3)18-16-14-12-10-8-6-4-5-7-9-11-13-15-17-19(21)22/h4-18H2,1-3H3. The molecule has 0 aromatic rings. The first-order valence-electron chi connectivity index (χ1n) is 9.42. The Kier molecular flexibility index (Phi) is 13.7. The molecule has 3 heteroatoms. The summed E-state index contributed by atoms with van der Waals surface area (Å²) in [6.45, 7) is 1.29. The Labute approximate surface area is 138 Å². The third kappa shape index (κ3) is 19.4. The number of carbonyl (C=O) groups excluding carboxylic acids is 1. The fourth-order valence-electron chi connectivity index (χ4n) is 2.80. The predicted octanol–water partition coefficient (Wildman–Crippen LogP) is 3.90. The number of hydrogen-bond acceptors (Lipinski definition) is 2. The molecule has 0 atom stereocenters. The lowest BCUT2D eigenvalue weighted by Gasteiger charge is -2.23. The third-order valence-electron chi connectivity index (χ3n) is 4.21. The summed E-state index contributed by atoms with van der Waals surface area (Å²) in [5, 5.41) is 10.2. The van der Waals surface area contributed by atoms with Crippen molar-refractivity contribution in [2.45, 2.75) is 89.9 Å². The van der Waals surface area contributed by atoms with Gasteiger partial charge < -0.3 is 14.4 Å². The normalized spacial score (nSPS) is 11.8. The molecule has 0 heterocycles. The van der Waals surface area contributed by atoms with Gasteiger partial charge in [0.25, 0.3) is 0 Å². The molecule has 0 N–H and O–H groups in total. The first-order chi connectivity index (χ1) is 10.4. The van der Waals surface area contributed by atoms with Crippen LogP contribution in [0.3, 0.4) is 0 Å². The van der Waals surface area contributed by atoms with Crippen LogP contribution in [0.15, 0.2) is 0 Å². The van der Waals surface area contributed by atoms with Gasteiger partial charge in [0.2, 0.25) is 0 Å². The van der Waals surface area contributed by atoms with Gasteiger partial charge in [0.15, 0.2) is 0 Å². The highest BCUT2D eigenvalue weighted by molar-refractivity contribution is 5.63. The van der Waals surface area contributed by atoms with Crippen molar-refractivity contribution in [2.75, 3.05) is 27.7 Å². The van der Waals surface area contributed by atoms with Crippen LogP contribution in [0.2, 0.25) is 0 Å². The lowest BCUT2D eigenvalue weighted by molar-refractivity contribution is -0.870. The molecule has 0 spiro atoms. The Balaban J connectivity index is 3.04. The van der Waals surface area contributed by atoms with Gasteiger partial charge in [-0.1, -0.05) is 64.2 Å². The molecule has 0 unspecified atom stereocenters. The number of rotatable bonds is 16. The highest BCUT2D eigenvalue weighted by Crippen LogP contribution is 2.13. The van der Waals surface area contributed by atoms with Crippen LogP contribution in [-0.4, -0.2) is 38.1 Å². The molecule has 0 aromatic carbocycles.